The molecule has 1 radical (unpaired) electrons. The Hall–Kier alpha value is -1.54. The van der Waals surface area contributed by atoms with Crippen molar-refractivity contribution in [2.75, 3.05) is 0 Å². The fourth-order valence-electron chi connectivity index (χ4n) is 3.25. The number of rotatable bonds is 1. The Labute approximate surface area is 170 Å². The van der Waals surface area contributed by atoms with Crippen molar-refractivity contribution in [3.63, 3.8) is 0 Å². The molecule has 0 nitrogen and oxygen atoms in total. The molecule has 0 aliphatic heterocycles. The maximum absolute atomic E-state index is 3.39. The molecular formula is C22H12SY-2. The molecule has 2 heteroatoms. The maximum Gasteiger partial charge on any atom is 0 e. The molecule has 4 aromatic carbocycles. The second kappa shape index (κ2) is 6.40. The van der Waals surface area contributed by atoms with Gasteiger partial charge in [0.2, 0.25) is 0 Å². The van der Waals surface area contributed by atoms with E-state index in [2.05, 4.69) is 77.5 Å². The zero-order chi connectivity index (χ0) is 15.2. The quantitative estimate of drug-likeness (QED) is 0.225. The third-order valence-electron chi connectivity index (χ3n) is 4.37. The second-order valence-electron chi connectivity index (χ2n) is 5.77. The first-order valence-corrected chi connectivity index (χ1v) is 8.49. The van der Waals surface area contributed by atoms with E-state index >= 15 is 0 Å². The first kappa shape index (κ1) is 16.0. The summed E-state index contributed by atoms with van der Waals surface area (Å²) < 4.78 is 0. The molecule has 5 rings (SSSR count). The van der Waals surface area contributed by atoms with Gasteiger partial charge in [0.05, 0.1) is 0 Å². The molecule has 111 valence electrons. The average Bonchev–Trinajstić information content (AvgIpc) is 3.12. The zero-order valence-electron chi connectivity index (χ0n) is 12.9. The average molecular weight is 397 g/mol. The van der Waals surface area contributed by atoms with Gasteiger partial charge in [-0.1, -0.05) is 36.4 Å². The van der Waals surface area contributed by atoms with Crippen LogP contribution >= 0.6 is 11.3 Å². The van der Waals surface area contributed by atoms with Crippen LogP contribution in [0.25, 0.3) is 43.4 Å². The molecule has 0 bridgehead atoms. The molecule has 0 atom stereocenters. The van der Waals surface area contributed by atoms with Gasteiger partial charge in [0.25, 0.3) is 0 Å². The van der Waals surface area contributed by atoms with Crippen molar-refractivity contribution < 1.29 is 32.7 Å². The predicted octanol–water partition coefficient (Wildman–Crippen LogP) is 6.47. The van der Waals surface area contributed by atoms with Crippen LogP contribution in [0.4, 0.5) is 0 Å². The molecule has 5 aromatic rings. The van der Waals surface area contributed by atoms with Gasteiger partial charge in [0.15, 0.2) is 0 Å². The molecule has 1 heterocycles. The molecule has 0 saturated heterocycles. The van der Waals surface area contributed by atoms with Crippen molar-refractivity contribution in [2.24, 2.45) is 0 Å². The summed E-state index contributed by atoms with van der Waals surface area (Å²) in [6, 6.07) is 27.3. The summed E-state index contributed by atoms with van der Waals surface area (Å²) in [6.45, 7) is 0. The van der Waals surface area contributed by atoms with Crippen molar-refractivity contribution in [2.45, 2.75) is 0 Å². The molecule has 0 saturated carbocycles. The first-order valence-electron chi connectivity index (χ1n) is 7.61. The van der Waals surface area contributed by atoms with Gasteiger partial charge in [-0.3, -0.25) is 11.3 Å². The number of benzene rings is 4. The van der Waals surface area contributed by atoms with E-state index in [0.717, 1.165) is 11.1 Å². The van der Waals surface area contributed by atoms with Gasteiger partial charge in [-0.25, -0.2) is 17.2 Å². The summed E-state index contributed by atoms with van der Waals surface area (Å²) in [5.74, 6) is 0. The Kier molecular flexibility index (Phi) is 4.26. The van der Waals surface area contributed by atoms with Crippen molar-refractivity contribution in [1.82, 2.24) is 0 Å². The first-order chi connectivity index (χ1) is 11.4. The van der Waals surface area contributed by atoms with Crippen LogP contribution in [-0.4, -0.2) is 0 Å². The summed E-state index contributed by atoms with van der Waals surface area (Å²) in [5.41, 5.74) is 2.26. The summed E-state index contributed by atoms with van der Waals surface area (Å²) >= 11 is 1.60. The van der Waals surface area contributed by atoms with Crippen LogP contribution in [0.5, 0.6) is 0 Å². The van der Waals surface area contributed by atoms with Gasteiger partial charge in [-0.15, -0.1) is 27.6 Å². The van der Waals surface area contributed by atoms with Crippen LogP contribution in [0, 0.1) is 11.4 Å². The Morgan fingerprint density at radius 3 is 2.12 bits per heavy atom. The monoisotopic (exact) mass is 397 g/mol. The number of hydrogen-bond donors (Lipinski definition) is 0. The van der Waals surface area contributed by atoms with Gasteiger partial charge in [0.1, 0.15) is 0 Å². The Balaban J connectivity index is 0.00000146. The molecule has 0 aliphatic carbocycles. The number of thiophene rings is 1. The van der Waals surface area contributed by atoms with E-state index < -0.39 is 0 Å². The molecule has 0 N–H and O–H groups in total. The van der Waals surface area contributed by atoms with Crippen LogP contribution in [0.15, 0.2) is 72.1 Å². The topological polar surface area (TPSA) is 0 Å². The fourth-order valence-corrected chi connectivity index (χ4v) is 3.82. The smallest absolute Gasteiger partial charge is 0 e. The van der Waals surface area contributed by atoms with Crippen LogP contribution in [-0.2, 0) is 32.7 Å². The SMILES string of the molecule is [Y].[c-]1sccc1-c1[c-]ccc2cc3cc4ccccc4cc3cc12. The minimum absolute atomic E-state index is 0. The van der Waals surface area contributed by atoms with Crippen LogP contribution in [0.3, 0.4) is 0 Å². The third-order valence-corrected chi connectivity index (χ3v) is 4.98. The molecule has 1 aromatic heterocycles. The van der Waals surface area contributed by atoms with E-state index in [0.29, 0.717) is 0 Å². The van der Waals surface area contributed by atoms with Crippen molar-refractivity contribution in [1.29, 1.82) is 0 Å². The minimum Gasteiger partial charge on any atom is -0.276 e. The normalized spacial score (nSPS) is 11.0. The van der Waals surface area contributed by atoms with Gasteiger partial charge < -0.3 is 0 Å². The van der Waals surface area contributed by atoms with Gasteiger partial charge in [-0.2, -0.15) is 12.1 Å². The second-order valence-corrected chi connectivity index (χ2v) is 6.49. The molecular weight excluding hydrogens is 385 g/mol. The number of fused-ring (bicyclic) bond motifs is 3. The maximum atomic E-state index is 3.39. The summed E-state index contributed by atoms with van der Waals surface area (Å²) in [5, 5.41) is 13.0. The Bertz CT molecular complexity index is 1160. The van der Waals surface area contributed by atoms with Crippen LogP contribution in [0.2, 0.25) is 0 Å². The van der Waals surface area contributed by atoms with E-state index in [-0.39, 0.29) is 32.7 Å². The van der Waals surface area contributed by atoms with Crippen LogP contribution < -0.4 is 0 Å². The van der Waals surface area contributed by atoms with Gasteiger partial charge in [-0.05, 0) is 33.7 Å². The van der Waals surface area contributed by atoms with Gasteiger partial charge >= 0.3 is 0 Å². The Morgan fingerprint density at radius 1 is 0.708 bits per heavy atom. The van der Waals surface area contributed by atoms with E-state index in [1.165, 1.54) is 32.3 Å². The van der Waals surface area contributed by atoms with E-state index in [9.17, 15) is 0 Å². The number of hydrogen-bond acceptors (Lipinski definition) is 1. The molecule has 24 heavy (non-hydrogen) atoms. The van der Waals surface area contributed by atoms with E-state index in [4.69, 9.17) is 0 Å². The predicted molar refractivity (Wildman–Crippen MR) is 99.9 cm³/mol. The van der Waals surface area contributed by atoms with Gasteiger partial charge in [0, 0.05) is 32.7 Å². The summed E-state index contributed by atoms with van der Waals surface area (Å²) in [7, 11) is 0. The molecule has 0 amide bonds. The molecule has 0 spiro atoms. The minimum atomic E-state index is 0. The van der Waals surface area contributed by atoms with Crippen molar-refractivity contribution in [3.05, 3.63) is 83.6 Å². The fraction of sp³-hybridized carbons (Fsp3) is 0. The van der Waals surface area contributed by atoms with Crippen molar-refractivity contribution in [3.8, 4) is 11.1 Å². The standard InChI is InChI=1S/C22H12S.Y/c1-2-5-16-11-20-13-22-17(12-19(20)10-15(16)4-1)6-3-7-21(22)18-8-9-23-14-18;/h1-6,8-13H;/q-2;. The Morgan fingerprint density at radius 2 is 1.42 bits per heavy atom. The van der Waals surface area contributed by atoms with E-state index in [1.807, 2.05) is 6.07 Å². The summed E-state index contributed by atoms with van der Waals surface area (Å²) in [4.78, 5) is 0. The van der Waals surface area contributed by atoms with Crippen molar-refractivity contribution >= 4 is 43.7 Å². The summed E-state index contributed by atoms with van der Waals surface area (Å²) in [6.07, 6.45) is 0. The third kappa shape index (κ3) is 2.61. The molecule has 0 unspecified atom stereocenters. The molecule has 0 aliphatic rings. The van der Waals surface area contributed by atoms with E-state index in [1.54, 1.807) is 11.3 Å². The zero-order valence-corrected chi connectivity index (χ0v) is 16.6. The molecule has 0 fully saturated rings. The van der Waals surface area contributed by atoms with Crippen LogP contribution in [0.1, 0.15) is 0 Å². The largest absolute Gasteiger partial charge is 0.276 e.